The van der Waals surface area contributed by atoms with Crippen LogP contribution in [0.5, 0.6) is 0 Å². The van der Waals surface area contributed by atoms with Crippen LogP contribution in [0.2, 0.25) is 0 Å². The third-order valence-corrected chi connectivity index (χ3v) is 5.78. The Bertz CT molecular complexity index is 319. The summed E-state index contributed by atoms with van der Waals surface area (Å²) in [5.41, 5.74) is 6.18. The molecule has 4 rings (SSSR count). The second-order valence-corrected chi connectivity index (χ2v) is 6.90. The molecule has 0 aromatic rings. The van der Waals surface area contributed by atoms with Crippen molar-refractivity contribution in [3.63, 3.8) is 0 Å². The molecular formula is C15H26N2O2. The Kier molecular flexibility index (Phi) is 3.10. The molecule has 2 bridgehead atoms. The van der Waals surface area contributed by atoms with E-state index in [1.165, 1.54) is 38.5 Å². The van der Waals surface area contributed by atoms with Crippen LogP contribution in [0, 0.1) is 0 Å². The largest absolute Gasteiger partial charge is 0.348 e. The van der Waals surface area contributed by atoms with Crippen LogP contribution in [0.1, 0.15) is 51.4 Å². The molecule has 19 heavy (non-hydrogen) atoms. The third-order valence-electron chi connectivity index (χ3n) is 5.78. The van der Waals surface area contributed by atoms with Crippen LogP contribution in [0.3, 0.4) is 0 Å². The van der Waals surface area contributed by atoms with Gasteiger partial charge in [0.05, 0.1) is 13.2 Å². The average molecular weight is 266 g/mol. The predicted molar refractivity (Wildman–Crippen MR) is 72.7 cm³/mol. The fourth-order valence-electron chi connectivity index (χ4n) is 4.98. The molecule has 0 amide bonds. The zero-order valence-corrected chi connectivity index (χ0v) is 11.7. The summed E-state index contributed by atoms with van der Waals surface area (Å²) >= 11 is 0. The van der Waals surface area contributed by atoms with E-state index < -0.39 is 0 Å². The van der Waals surface area contributed by atoms with Gasteiger partial charge in [-0.2, -0.15) is 0 Å². The van der Waals surface area contributed by atoms with E-state index in [1.54, 1.807) is 0 Å². The van der Waals surface area contributed by atoms with Crippen LogP contribution in [-0.4, -0.2) is 48.1 Å². The van der Waals surface area contributed by atoms with E-state index in [-0.39, 0.29) is 5.79 Å². The van der Waals surface area contributed by atoms with Gasteiger partial charge in [0, 0.05) is 37.0 Å². The van der Waals surface area contributed by atoms with E-state index in [4.69, 9.17) is 15.2 Å². The Balaban J connectivity index is 1.42. The molecule has 1 spiro atoms. The molecule has 4 fully saturated rings. The summed E-state index contributed by atoms with van der Waals surface area (Å²) in [7, 11) is 0. The highest BCUT2D eigenvalue weighted by Gasteiger charge is 2.47. The van der Waals surface area contributed by atoms with Crippen LogP contribution >= 0.6 is 0 Å². The van der Waals surface area contributed by atoms with Gasteiger partial charge in [-0.15, -0.1) is 0 Å². The van der Waals surface area contributed by atoms with Gasteiger partial charge in [0.2, 0.25) is 0 Å². The minimum absolute atomic E-state index is 0.207. The first-order chi connectivity index (χ1) is 9.26. The molecule has 0 aromatic heterocycles. The lowest BCUT2D eigenvalue weighted by molar-refractivity contribution is -0.186. The number of hydrogen-bond donors (Lipinski definition) is 1. The molecule has 2 atom stereocenters. The van der Waals surface area contributed by atoms with Crippen LogP contribution < -0.4 is 5.73 Å². The molecule has 0 aromatic carbocycles. The van der Waals surface area contributed by atoms with Crippen molar-refractivity contribution in [3.8, 4) is 0 Å². The van der Waals surface area contributed by atoms with Crippen molar-refractivity contribution in [2.75, 3.05) is 13.2 Å². The van der Waals surface area contributed by atoms with Crippen LogP contribution in [0.25, 0.3) is 0 Å². The fraction of sp³-hybridized carbons (Fsp3) is 1.00. The van der Waals surface area contributed by atoms with Crippen molar-refractivity contribution in [3.05, 3.63) is 0 Å². The zero-order chi connectivity index (χ0) is 12.9. The highest BCUT2D eigenvalue weighted by molar-refractivity contribution is 5.01. The van der Waals surface area contributed by atoms with E-state index in [2.05, 4.69) is 4.90 Å². The Labute approximate surface area is 115 Å². The summed E-state index contributed by atoms with van der Waals surface area (Å²) in [5, 5.41) is 0. The predicted octanol–water partition coefficient (Wildman–Crippen LogP) is 1.63. The number of ether oxygens (including phenoxy) is 2. The smallest absolute Gasteiger partial charge is 0.168 e. The maximum atomic E-state index is 6.18. The molecule has 3 saturated heterocycles. The van der Waals surface area contributed by atoms with Gasteiger partial charge in [0.1, 0.15) is 0 Å². The zero-order valence-electron chi connectivity index (χ0n) is 11.7. The molecule has 2 unspecified atom stereocenters. The van der Waals surface area contributed by atoms with Crippen molar-refractivity contribution < 1.29 is 9.47 Å². The van der Waals surface area contributed by atoms with Crippen molar-refractivity contribution >= 4 is 0 Å². The van der Waals surface area contributed by atoms with Gasteiger partial charge in [-0.1, -0.05) is 0 Å². The Morgan fingerprint density at radius 1 is 0.842 bits per heavy atom. The maximum absolute atomic E-state index is 6.18. The maximum Gasteiger partial charge on any atom is 0.168 e. The van der Waals surface area contributed by atoms with Gasteiger partial charge in [-0.25, -0.2) is 0 Å². The van der Waals surface area contributed by atoms with Gasteiger partial charge in [0.25, 0.3) is 0 Å². The Morgan fingerprint density at radius 3 is 2.00 bits per heavy atom. The molecule has 1 saturated carbocycles. The quantitative estimate of drug-likeness (QED) is 0.783. The SMILES string of the molecule is NC1CC2CCC(C1)N2C1CCC2(CC1)OCCO2. The lowest BCUT2D eigenvalue weighted by atomic mass is 9.86. The highest BCUT2D eigenvalue weighted by Crippen LogP contribution is 2.43. The van der Waals surface area contributed by atoms with Crippen LogP contribution in [0.4, 0.5) is 0 Å². The number of rotatable bonds is 1. The van der Waals surface area contributed by atoms with Crippen molar-refractivity contribution in [1.82, 2.24) is 4.90 Å². The van der Waals surface area contributed by atoms with Gasteiger partial charge in [0.15, 0.2) is 5.79 Å². The summed E-state index contributed by atoms with van der Waals surface area (Å²) in [6.45, 7) is 1.57. The lowest BCUT2D eigenvalue weighted by Gasteiger charge is -2.46. The molecule has 1 aliphatic carbocycles. The minimum atomic E-state index is -0.207. The van der Waals surface area contributed by atoms with Crippen molar-refractivity contribution in [1.29, 1.82) is 0 Å². The van der Waals surface area contributed by atoms with E-state index in [0.717, 1.165) is 44.2 Å². The molecule has 2 N–H and O–H groups in total. The third kappa shape index (κ3) is 2.13. The normalized spacial score (nSPS) is 43.1. The number of hydrogen-bond acceptors (Lipinski definition) is 4. The minimum Gasteiger partial charge on any atom is -0.348 e. The monoisotopic (exact) mass is 266 g/mol. The molecule has 4 nitrogen and oxygen atoms in total. The number of fused-ring (bicyclic) bond motifs is 2. The van der Waals surface area contributed by atoms with E-state index in [9.17, 15) is 0 Å². The standard InChI is InChI=1S/C15H26N2O2/c16-11-9-13-1-2-14(10-11)17(13)12-3-5-15(6-4-12)18-7-8-19-15/h11-14H,1-10,16H2. The van der Waals surface area contributed by atoms with Gasteiger partial charge < -0.3 is 15.2 Å². The summed E-state index contributed by atoms with van der Waals surface area (Å²) < 4.78 is 11.7. The van der Waals surface area contributed by atoms with E-state index in [0.29, 0.717) is 6.04 Å². The lowest BCUT2D eigenvalue weighted by Crippen LogP contribution is -2.54. The highest BCUT2D eigenvalue weighted by atomic mass is 16.7. The first-order valence-electron chi connectivity index (χ1n) is 8.07. The molecule has 4 heteroatoms. The van der Waals surface area contributed by atoms with Gasteiger partial charge in [-0.3, -0.25) is 4.90 Å². The van der Waals surface area contributed by atoms with Crippen LogP contribution in [0.15, 0.2) is 0 Å². The van der Waals surface area contributed by atoms with E-state index in [1.807, 2.05) is 0 Å². The number of nitrogens with two attached hydrogens (primary N) is 1. The van der Waals surface area contributed by atoms with Crippen LogP contribution in [-0.2, 0) is 9.47 Å². The number of piperidine rings is 1. The first kappa shape index (κ1) is 12.6. The molecular weight excluding hydrogens is 240 g/mol. The average Bonchev–Trinajstić information content (AvgIpc) is 2.96. The fourth-order valence-corrected chi connectivity index (χ4v) is 4.98. The van der Waals surface area contributed by atoms with Gasteiger partial charge >= 0.3 is 0 Å². The molecule has 0 radical (unpaired) electrons. The van der Waals surface area contributed by atoms with Crippen molar-refractivity contribution in [2.24, 2.45) is 5.73 Å². The molecule has 4 aliphatic rings. The van der Waals surface area contributed by atoms with Crippen molar-refractivity contribution in [2.45, 2.75) is 81.3 Å². The summed E-state index contributed by atoms with van der Waals surface area (Å²) in [6, 6.07) is 2.73. The summed E-state index contributed by atoms with van der Waals surface area (Å²) in [6.07, 6.45) is 9.81. The Hall–Kier alpha value is -0.160. The second-order valence-electron chi connectivity index (χ2n) is 6.90. The molecule has 3 heterocycles. The molecule has 108 valence electrons. The summed E-state index contributed by atoms with van der Waals surface area (Å²) in [4.78, 5) is 2.82. The van der Waals surface area contributed by atoms with E-state index >= 15 is 0 Å². The number of nitrogens with zero attached hydrogens (tertiary/aromatic N) is 1. The van der Waals surface area contributed by atoms with Gasteiger partial charge in [-0.05, 0) is 38.5 Å². The topological polar surface area (TPSA) is 47.7 Å². The summed E-state index contributed by atoms with van der Waals surface area (Å²) in [5.74, 6) is -0.207. The first-order valence-corrected chi connectivity index (χ1v) is 8.07. The second kappa shape index (κ2) is 4.69. The molecule has 3 aliphatic heterocycles. The Morgan fingerprint density at radius 2 is 1.42 bits per heavy atom.